The van der Waals surface area contributed by atoms with E-state index in [0.717, 1.165) is 43.2 Å². The number of guanidine groups is 1. The molecule has 2 fully saturated rings. The summed E-state index contributed by atoms with van der Waals surface area (Å²) in [5, 5.41) is 3.42. The van der Waals surface area contributed by atoms with Crippen molar-refractivity contribution in [3.63, 3.8) is 0 Å². The van der Waals surface area contributed by atoms with Gasteiger partial charge in [-0.15, -0.1) is 11.3 Å². The second kappa shape index (κ2) is 8.92. The number of piperidine rings is 2. The van der Waals surface area contributed by atoms with Gasteiger partial charge in [0.05, 0.1) is 6.54 Å². The molecule has 0 bridgehead atoms. The lowest BCUT2D eigenvalue weighted by Gasteiger charge is -2.37. The van der Waals surface area contributed by atoms with Crippen LogP contribution in [0, 0.1) is 11.8 Å². The maximum absolute atomic E-state index is 12.8. The van der Waals surface area contributed by atoms with Gasteiger partial charge in [0.15, 0.2) is 5.96 Å². The molecule has 2 saturated heterocycles. The van der Waals surface area contributed by atoms with Gasteiger partial charge in [0.2, 0.25) is 0 Å². The predicted molar refractivity (Wildman–Crippen MR) is 112 cm³/mol. The first-order chi connectivity index (χ1) is 12.9. The first kappa shape index (κ1) is 20.6. The Labute approximate surface area is 167 Å². The fourth-order valence-corrected chi connectivity index (χ4v) is 7.13. The average molecular weight is 413 g/mol. The zero-order chi connectivity index (χ0) is 19.4. The molecule has 152 valence electrons. The fraction of sp³-hybridized carbons (Fsp3) is 0.737. The van der Waals surface area contributed by atoms with Crippen LogP contribution in [0.3, 0.4) is 0 Å². The highest BCUT2D eigenvalue weighted by Crippen LogP contribution is 2.27. The third kappa shape index (κ3) is 5.03. The van der Waals surface area contributed by atoms with E-state index in [1.807, 2.05) is 13.1 Å². The van der Waals surface area contributed by atoms with Gasteiger partial charge in [-0.25, -0.2) is 8.42 Å². The molecule has 0 aliphatic carbocycles. The van der Waals surface area contributed by atoms with E-state index in [0.29, 0.717) is 35.7 Å². The highest BCUT2D eigenvalue weighted by molar-refractivity contribution is 7.91. The quantitative estimate of drug-likeness (QED) is 0.610. The number of nitrogens with one attached hydrogen (secondary N) is 1. The van der Waals surface area contributed by atoms with Crippen LogP contribution < -0.4 is 5.32 Å². The topological polar surface area (TPSA) is 65.0 Å². The van der Waals surface area contributed by atoms with Crippen LogP contribution in [0.15, 0.2) is 21.3 Å². The third-order valence-corrected chi connectivity index (χ3v) is 8.80. The Balaban J connectivity index is 1.62. The number of thiophene rings is 1. The molecule has 1 aromatic rings. The molecule has 1 aromatic heterocycles. The van der Waals surface area contributed by atoms with Crippen LogP contribution in [0.25, 0.3) is 0 Å². The zero-order valence-corrected chi connectivity index (χ0v) is 18.3. The van der Waals surface area contributed by atoms with E-state index in [1.165, 1.54) is 17.8 Å². The molecule has 8 heteroatoms. The lowest BCUT2D eigenvalue weighted by Crippen LogP contribution is -2.48. The zero-order valence-electron chi connectivity index (χ0n) is 16.6. The van der Waals surface area contributed by atoms with Gasteiger partial charge in [-0.2, -0.15) is 4.31 Å². The fourth-order valence-electron chi connectivity index (χ4n) is 4.16. The highest BCUT2D eigenvalue weighted by Gasteiger charge is 2.28. The van der Waals surface area contributed by atoms with Crippen molar-refractivity contribution in [1.29, 1.82) is 0 Å². The summed E-state index contributed by atoms with van der Waals surface area (Å²) in [5.41, 5.74) is 0. The highest BCUT2D eigenvalue weighted by atomic mass is 32.2. The van der Waals surface area contributed by atoms with E-state index in [2.05, 4.69) is 29.1 Å². The Bertz CT molecular complexity index is 744. The number of hydrogen-bond acceptors (Lipinski definition) is 4. The van der Waals surface area contributed by atoms with E-state index < -0.39 is 10.0 Å². The molecule has 0 amide bonds. The maximum atomic E-state index is 12.8. The molecule has 2 aliphatic heterocycles. The minimum absolute atomic E-state index is 0.455. The number of hydrogen-bond donors (Lipinski definition) is 1. The van der Waals surface area contributed by atoms with Crippen LogP contribution in [-0.4, -0.2) is 56.8 Å². The molecule has 3 rings (SSSR count). The summed E-state index contributed by atoms with van der Waals surface area (Å²) < 4.78 is 27.7. The largest absolute Gasteiger partial charge is 0.351 e. The van der Waals surface area contributed by atoms with Crippen LogP contribution in [0.4, 0.5) is 0 Å². The minimum Gasteiger partial charge on any atom is -0.351 e. The summed E-state index contributed by atoms with van der Waals surface area (Å²) >= 11 is 1.37. The standard InChI is InChI=1S/C19H32N4O2S2/c1-15-11-16(2)14-22(13-15)19(20-3)21-12-17-7-8-18(26-17)27(24,25)23-9-5-4-6-10-23/h7-8,15-16H,4-6,9-14H2,1-3H3,(H,20,21). The van der Waals surface area contributed by atoms with Crippen LogP contribution in [0.5, 0.6) is 0 Å². The number of likely N-dealkylation sites (tertiary alicyclic amines) is 1. The van der Waals surface area contributed by atoms with Gasteiger partial charge < -0.3 is 10.2 Å². The van der Waals surface area contributed by atoms with Gasteiger partial charge in [0.1, 0.15) is 4.21 Å². The van der Waals surface area contributed by atoms with E-state index in [-0.39, 0.29) is 0 Å². The second-order valence-electron chi connectivity index (χ2n) is 7.94. The predicted octanol–water partition coefficient (Wildman–Crippen LogP) is 2.98. The van der Waals surface area contributed by atoms with Crippen molar-refractivity contribution in [3.8, 4) is 0 Å². The minimum atomic E-state index is -3.34. The molecule has 6 nitrogen and oxygen atoms in total. The molecular weight excluding hydrogens is 380 g/mol. The van der Waals surface area contributed by atoms with Gasteiger partial charge in [-0.3, -0.25) is 4.99 Å². The molecule has 0 aromatic carbocycles. The van der Waals surface area contributed by atoms with Gasteiger partial charge in [-0.05, 0) is 43.2 Å². The Morgan fingerprint density at radius 1 is 1.19 bits per heavy atom. The van der Waals surface area contributed by atoms with Crippen molar-refractivity contribution < 1.29 is 8.42 Å². The normalized spacial score (nSPS) is 25.6. The average Bonchev–Trinajstić information content (AvgIpc) is 3.12. The summed E-state index contributed by atoms with van der Waals surface area (Å²) in [5.74, 6) is 2.23. The molecular formula is C19H32N4O2S2. The van der Waals surface area contributed by atoms with Crippen molar-refractivity contribution in [1.82, 2.24) is 14.5 Å². The van der Waals surface area contributed by atoms with Crippen LogP contribution in [0.1, 0.15) is 44.4 Å². The van der Waals surface area contributed by atoms with E-state index >= 15 is 0 Å². The van der Waals surface area contributed by atoms with E-state index in [4.69, 9.17) is 0 Å². The van der Waals surface area contributed by atoms with Crippen molar-refractivity contribution in [2.45, 2.75) is 50.3 Å². The van der Waals surface area contributed by atoms with Crippen LogP contribution >= 0.6 is 11.3 Å². The van der Waals surface area contributed by atoms with Gasteiger partial charge in [0, 0.05) is 38.1 Å². The van der Waals surface area contributed by atoms with Crippen molar-refractivity contribution in [2.75, 3.05) is 33.2 Å². The molecule has 2 unspecified atom stereocenters. The molecule has 0 spiro atoms. The Morgan fingerprint density at radius 3 is 2.48 bits per heavy atom. The summed E-state index contributed by atoms with van der Waals surface area (Å²) in [4.78, 5) is 7.77. The Hall–Kier alpha value is -1.12. The Morgan fingerprint density at radius 2 is 1.85 bits per heavy atom. The van der Waals surface area contributed by atoms with Crippen molar-refractivity contribution in [3.05, 3.63) is 17.0 Å². The molecule has 2 aliphatic rings. The lowest BCUT2D eigenvalue weighted by atomic mass is 9.92. The summed E-state index contributed by atoms with van der Waals surface area (Å²) in [7, 11) is -1.52. The van der Waals surface area contributed by atoms with Crippen LogP contribution in [0.2, 0.25) is 0 Å². The number of aliphatic imine (C=N–C) groups is 1. The summed E-state index contributed by atoms with van der Waals surface area (Å²) in [6.45, 7) is 8.50. The number of sulfonamides is 1. The van der Waals surface area contributed by atoms with E-state index in [9.17, 15) is 8.42 Å². The van der Waals surface area contributed by atoms with Gasteiger partial charge in [-0.1, -0.05) is 20.3 Å². The molecule has 27 heavy (non-hydrogen) atoms. The molecule has 0 saturated carbocycles. The number of nitrogens with zero attached hydrogens (tertiary/aromatic N) is 3. The summed E-state index contributed by atoms with van der Waals surface area (Å²) in [6.07, 6.45) is 4.30. The first-order valence-electron chi connectivity index (χ1n) is 9.94. The molecule has 1 N–H and O–H groups in total. The molecule has 3 heterocycles. The van der Waals surface area contributed by atoms with E-state index in [1.54, 1.807) is 10.4 Å². The smallest absolute Gasteiger partial charge is 0.252 e. The molecule has 2 atom stereocenters. The first-order valence-corrected chi connectivity index (χ1v) is 12.2. The van der Waals surface area contributed by atoms with Crippen molar-refractivity contribution >= 4 is 27.3 Å². The monoisotopic (exact) mass is 412 g/mol. The molecule has 0 radical (unpaired) electrons. The lowest BCUT2D eigenvalue weighted by molar-refractivity contribution is 0.208. The van der Waals surface area contributed by atoms with Gasteiger partial charge >= 0.3 is 0 Å². The van der Waals surface area contributed by atoms with Crippen molar-refractivity contribution in [2.24, 2.45) is 16.8 Å². The van der Waals surface area contributed by atoms with Gasteiger partial charge in [0.25, 0.3) is 10.0 Å². The maximum Gasteiger partial charge on any atom is 0.252 e. The van der Waals surface area contributed by atoms with Crippen LogP contribution in [-0.2, 0) is 16.6 Å². The number of rotatable bonds is 4. The third-order valence-electron chi connectivity index (χ3n) is 5.35. The SMILES string of the molecule is CN=C(NCc1ccc(S(=O)(=O)N2CCCCC2)s1)N1CC(C)CC(C)C1. The Kier molecular flexibility index (Phi) is 6.81. The second-order valence-corrected chi connectivity index (χ2v) is 11.3. The summed E-state index contributed by atoms with van der Waals surface area (Å²) in [6, 6.07) is 3.67.